The van der Waals surface area contributed by atoms with Crippen molar-refractivity contribution < 1.29 is 0 Å². The zero-order chi connectivity index (χ0) is 12.7. The Kier molecular flexibility index (Phi) is 3.18. The quantitative estimate of drug-likeness (QED) is 0.882. The Balaban J connectivity index is 1.74. The van der Waals surface area contributed by atoms with E-state index in [4.69, 9.17) is 17.3 Å². The predicted octanol–water partition coefficient (Wildman–Crippen LogP) is 4.44. The molecule has 0 bridgehead atoms. The molecule has 3 heteroatoms. The summed E-state index contributed by atoms with van der Waals surface area (Å²) in [7, 11) is 0. The van der Waals surface area contributed by atoms with Crippen LogP contribution in [0.3, 0.4) is 0 Å². The van der Waals surface area contributed by atoms with Crippen molar-refractivity contribution >= 4 is 22.9 Å². The van der Waals surface area contributed by atoms with Crippen LogP contribution >= 0.6 is 22.9 Å². The van der Waals surface area contributed by atoms with E-state index in [0.29, 0.717) is 5.92 Å². The summed E-state index contributed by atoms with van der Waals surface area (Å²) in [6.07, 6.45) is 2.16. The average Bonchev–Trinajstić information content (AvgIpc) is 2.67. The fraction of sp³-hybridized carbons (Fsp3) is 0.333. The van der Waals surface area contributed by atoms with Crippen LogP contribution in [0.5, 0.6) is 0 Å². The molecule has 0 spiro atoms. The van der Waals surface area contributed by atoms with Gasteiger partial charge in [0.25, 0.3) is 0 Å². The van der Waals surface area contributed by atoms with Gasteiger partial charge in [0, 0.05) is 10.9 Å². The smallest absolute Gasteiger partial charge is 0.0590 e. The Morgan fingerprint density at radius 2 is 2.22 bits per heavy atom. The topological polar surface area (TPSA) is 26.0 Å². The Morgan fingerprint density at radius 1 is 1.44 bits per heavy atom. The van der Waals surface area contributed by atoms with E-state index in [1.54, 1.807) is 11.3 Å². The Labute approximate surface area is 117 Å². The van der Waals surface area contributed by atoms with Crippen molar-refractivity contribution in [2.45, 2.75) is 31.7 Å². The van der Waals surface area contributed by atoms with Crippen molar-refractivity contribution in [3.8, 4) is 0 Å². The van der Waals surface area contributed by atoms with Gasteiger partial charge in [-0.15, -0.1) is 11.3 Å². The molecule has 94 valence electrons. The largest absolute Gasteiger partial charge is 0.323 e. The van der Waals surface area contributed by atoms with Crippen LogP contribution in [0.2, 0.25) is 5.02 Å². The second-order valence-electron chi connectivity index (χ2n) is 5.04. The average molecular weight is 278 g/mol. The maximum atomic E-state index is 6.30. The summed E-state index contributed by atoms with van der Waals surface area (Å²) in [5.74, 6) is 0.606. The zero-order valence-corrected chi connectivity index (χ0v) is 11.9. The lowest BCUT2D eigenvalue weighted by atomic mass is 9.74. The minimum Gasteiger partial charge on any atom is -0.323 e. The van der Waals surface area contributed by atoms with Gasteiger partial charge < -0.3 is 5.73 Å². The molecule has 0 aliphatic heterocycles. The molecule has 0 fully saturated rings. The SMILES string of the molecule is Cc1csc(C(N)CC2Cc3ccccc32)c1Cl. The summed E-state index contributed by atoms with van der Waals surface area (Å²) < 4.78 is 0. The standard InChI is InChI=1S/C15H16ClNS/c1-9-8-18-15(14(9)16)13(17)7-11-6-10-4-2-3-5-12(10)11/h2-5,8,11,13H,6-7,17H2,1H3. The highest BCUT2D eigenvalue weighted by molar-refractivity contribution is 7.10. The Bertz CT molecular complexity index is 576. The van der Waals surface area contributed by atoms with E-state index < -0.39 is 0 Å². The third-order valence-electron chi connectivity index (χ3n) is 3.76. The van der Waals surface area contributed by atoms with Crippen LogP contribution in [-0.2, 0) is 6.42 Å². The van der Waals surface area contributed by atoms with Crippen molar-refractivity contribution in [3.05, 3.63) is 56.2 Å². The lowest BCUT2D eigenvalue weighted by Gasteiger charge is -2.31. The first-order valence-electron chi connectivity index (χ1n) is 6.23. The van der Waals surface area contributed by atoms with Crippen LogP contribution in [0.4, 0.5) is 0 Å². The van der Waals surface area contributed by atoms with Gasteiger partial charge in [0.05, 0.1) is 5.02 Å². The fourth-order valence-corrected chi connectivity index (χ4v) is 4.04. The van der Waals surface area contributed by atoms with Gasteiger partial charge in [0.2, 0.25) is 0 Å². The van der Waals surface area contributed by atoms with Gasteiger partial charge in [0.15, 0.2) is 0 Å². The van der Waals surface area contributed by atoms with Crippen molar-refractivity contribution in [2.24, 2.45) is 5.73 Å². The number of thiophene rings is 1. The highest BCUT2D eigenvalue weighted by atomic mass is 35.5. The van der Waals surface area contributed by atoms with E-state index in [2.05, 4.69) is 29.6 Å². The van der Waals surface area contributed by atoms with Gasteiger partial charge in [-0.3, -0.25) is 0 Å². The van der Waals surface area contributed by atoms with Crippen LogP contribution in [0.25, 0.3) is 0 Å². The van der Waals surface area contributed by atoms with Crippen molar-refractivity contribution in [1.82, 2.24) is 0 Å². The van der Waals surface area contributed by atoms with Crippen LogP contribution in [0.15, 0.2) is 29.6 Å². The molecule has 18 heavy (non-hydrogen) atoms. The van der Waals surface area contributed by atoms with E-state index in [9.17, 15) is 0 Å². The van der Waals surface area contributed by atoms with Crippen LogP contribution in [0.1, 0.15) is 39.9 Å². The normalized spacial score (nSPS) is 19.2. The number of halogens is 1. The highest BCUT2D eigenvalue weighted by Gasteiger charge is 2.28. The molecule has 2 atom stereocenters. The summed E-state index contributed by atoms with van der Waals surface area (Å²) in [6, 6.07) is 8.71. The summed E-state index contributed by atoms with van der Waals surface area (Å²) >= 11 is 7.96. The van der Waals surface area contributed by atoms with Gasteiger partial charge in [-0.05, 0) is 47.8 Å². The molecule has 3 rings (SSSR count). The molecule has 0 saturated carbocycles. The third kappa shape index (κ3) is 1.99. The second-order valence-corrected chi connectivity index (χ2v) is 6.33. The number of fused-ring (bicyclic) bond motifs is 1. The zero-order valence-electron chi connectivity index (χ0n) is 10.3. The summed E-state index contributed by atoms with van der Waals surface area (Å²) in [5.41, 5.74) is 10.4. The van der Waals surface area contributed by atoms with Gasteiger partial charge in [0.1, 0.15) is 0 Å². The van der Waals surface area contributed by atoms with Crippen molar-refractivity contribution in [1.29, 1.82) is 0 Å². The lowest BCUT2D eigenvalue weighted by molar-refractivity contribution is 0.502. The Morgan fingerprint density at radius 3 is 2.89 bits per heavy atom. The van der Waals surface area contributed by atoms with Crippen LogP contribution in [0, 0.1) is 6.92 Å². The van der Waals surface area contributed by atoms with Gasteiger partial charge in [-0.25, -0.2) is 0 Å². The van der Waals surface area contributed by atoms with E-state index >= 15 is 0 Å². The molecule has 2 unspecified atom stereocenters. The van der Waals surface area contributed by atoms with Crippen molar-refractivity contribution in [2.75, 3.05) is 0 Å². The molecular formula is C15H16ClNS. The molecule has 2 N–H and O–H groups in total. The molecule has 1 aliphatic carbocycles. The number of aryl methyl sites for hydroxylation is 1. The summed E-state index contributed by atoms with van der Waals surface area (Å²) in [6.45, 7) is 2.04. The summed E-state index contributed by atoms with van der Waals surface area (Å²) in [4.78, 5) is 1.14. The molecule has 1 aliphatic rings. The maximum Gasteiger partial charge on any atom is 0.0590 e. The molecule has 1 nitrogen and oxygen atoms in total. The van der Waals surface area contributed by atoms with E-state index in [1.165, 1.54) is 11.1 Å². The second kappa shape index (κ2) is 4.69. The number of nitrogens with two attached hydrogens (primary N) is 1. The highest BCUT2D eigenvalue weighted by Crippen LogP contribution is 2.42. The maximum absolute atomic E-state index is 6.30. The molecule has 0 saturated heterocycles. The monoisotopic (exact) mass is 277 g/mol. The number of benzene rings is 1. The van der Waals surface area contributed by atoms with Crippen LogP contribution < -0.4 is 5.73 Å². The molecule has 1 heterocycles. The van der Waals surface area contributed by atoms with E-state index in [0.717, 1.165) is 28.3 Å². The van der Waals surface area contributed by atoms with Crippen LogP contribution in [-0.4, -0.2) is 0 Å². The predicted molar refractivity (Wildman–Crippen MR) is 78.5 cm³/mol. The van der Waals surface area contributed by atoms with Gasteiger partial charge in [-0.1, -0.05) is 35.9 Å². The molecular weight excluding hydrogens is 262 g/mol. The van der Waals surface area contributed by atoms with E-state index in [-0.39, 0.29) is 6.04 Å². The first kappa shape index (κ1) is 12.2. The number of hydrogen-bond acceptors (Lipinski definition) is 2. The molecule has 0 radical (unpaired) electrons. The molecule has 1 aromatic heterocycles. The minimum atomic E-state index is 0.0644. The number of rotatable bonds is 3. The number of hydrogen-bond donors (Lipinski definition) is 1. The summed E-state index contributed by atoms with van der Waals surface area (Å²) in [5, 5.41) is 2.95. The lowest BCUT2D eigenvalue weighted by Crippen LogP contribution is -2.22. The van der Waals surface area contributed by atoms with E-state index in [1.807, 2.05) is 6.92 Å². The first-order valence-corrected chi connectivity index (χ1v) is 7.49. The van der Waals surface area contributed by atoms with Gasteiger partial charge in [-0.2, -0.15) is 0 Å². The minimum absolute atomic E-state index is 0.0644. The molecule has 2 aromatic rings. The third-order valence-corrected chi connectivity index (χ3v) is 5.61. The molecule has 0 amide bonds. The first-order chi connectivity index (χ1) is 8.66. The molecule has 1 aromatic carbocycles. The Hall–Kier alpha value is -0.830. The fourth-order valence-electron chi connectivity index (χ4n) is 2.69. The van der Waals surface area contributed by atoms with Gasteiger partial charge >= 0.3 is 0 Å². The van der Waals surface area contributed by atoms with Crippen molar-refractivity contribution in [3.63, 3.8) is 0 Å².